The molecule has 0 spiro atoms. The summed E-state index contributed by atoms with van der Waals surface area (Å²) in [5.74, 6) is 0. The SMILES string of the molecule is CCCCO[SiH](CCC)OCCCC. The van der Waals surface area contributed by atoms with Crippen LogP contribution in [-0.2, 0) is 8.85 Å². The van der Waals surface area contributed by atoms with Gasteiger partial charge in [0.1, 0.15) is 0 Å². The summed E-state index contributed by atoms with van der Waals surface area (Å²) in [5, 5.41) is 0. The molecule has 0 aromatic heterocycles. The quantitative estimate of drug-likeness (QED) is 0.414. The molecule has 2 nitrogen and oxygen atoms in total. The third-order valence-corrected chi connectivity index (χ3v) is 4.39. The fraction of sp³-hybridized carbons (Fsp3) is 1.00. The molecule has 0 unspecified atom stereocenters. The molecule has 0 atom stereocenters. The van der Waals surface area contributed by atoms with Gasteiger partial charge in [0.25, 0.3) is 0 Å². The van der Waals surface area contributed by atoms with Gasteiger partial charge in [-0.1, -0.05) is 40.0 Å². The summed E-state index contributed by atoms with van der Waals surface area (Å²) < 4.78 is 11.6. The molecule has 0 fully saturated rings. The maximum absolute atomic E-state index is 5.79. The molecule has 0 N–H and O–H groups in total. The second-order valence-electron chi connectivity index (χ2n) is 3.67. The van der Waals surface area contributed by atoms with Crippen molar-refractivity contribution in [3.05, 3.63) is 0 Å². The predicted octanol–water partition coefficient (Wildman–Crippen LogP) is 3.25. The molecule has 0 aliphatic heterocycles. The van der Waals surface area contributed by atoms with Crippen LogP contribution < -0.4 is 0 Å². The Hall–Kier alpha value is 0.137. The molecule has 0 aromatic rings. The average Bonchev–Trinajstić information content (AvgIpc) is 2.18. The number of unbranched alkanes of at least 4 members (excludes halogenated alkanes) is 2. The predicted molar refractivity (Wildman–Crippen MR) is 64.0 cm³/mol. The van der Waals surface area contributed by atoms with Crippen molar-refractivity contribution in [3.63, 3.8) is 0 Å². The largest absolute Gasteiger partial charge is 0.397 e. The van der Waals surface area contributed by atoms with Crippen LogP contribution in [0.15, 0.2) is 0 Å². The van der Waals surface area contributed by atoms with Gasteiger partial charge in [0.05, 0.1) is 0 Å². The monoisotopic (exact) mass is 218 g/mol. The Morgan fingerprint density at radius 3 is 1.64 bits per heavy atom. The first kappa shape index (κ1) is 14.1. The maximum Gasteiger partial charge on any atom is 0.321 e. The van der Waals surface area contributed by atoms with Gasteiger partial charge in [-0.25, -0.2) is 0 Å². The van der Waals surface area contributed by atoms with Crippen LogP contribution in [0.1, 0.15) is 52.9 Å². The minimum absolute atomic E-state index is 0.902. The Labute approximate surface area is 90.8 Å². The smallest absolute Gasteiger partial charge is 0.321 e. The highest BCUT2D eigenvalue weighted by atomic mass is 28.3. The lowest BCUT2D eigenvalue weighted by Gasteiger charge is -2.15. The van der Waals surface area contributed by atoms with E-state index in [1.54, 1.807) is 0 Å². The lowest BCUT2D eigenvalue weighted by molar-refractivity contribution is 0.191. The van der Waals surface area contributed by atoms with Crippen molar-refractivity contribution in [1.82, 2.24) is 0 Å². The third kappa shape index (κ3) is 8.72. The van der Waals surface area contributed by atoms with E-state index in [9.17, 15) is 0 Å². The molecule has 0 saturated heterocycles. The molecule has 0 bridgehead atoms. The standard InChI is InChI=1S/C11H26O2Si/c1-4-7-9-12-14(11-6-3)13-10-8-5-2/h14H,4-11H2,1-3H3. The van der Waals surface area contributed by atoms with Crippen LogP contribution in [0.3, 0.4) is 0 Å². The summed E-state index contributed by atoms with van der Waals surface area (Å²) in [6, 6.07) is 1.16. The van der Waals surface area contributed by atoms with Gasteiger partial charge in [0.15, 0.2) is 0 Å². The fourth-order valence-electron chi connectivity index (χ4n) is 1.17. The molecule has 14 heavy (non-hydrogen) atoms. The highest BCUT2D eigenvalue weighted by Gasteiger charge is 2.10. The highest BCUT2D eigenvalue weighted by molar-refractivity contribution is 6.44. The maximum atomic E-state index is 5.79. The zero-order valence-corrected chi connectivity index (χ0v) is 11.2. The average molecular weight is 218 g/mol. The van der Waals surface area contributed by atoms with E-state index in [0.717, 1.165) is 19.3 Å². The van der Waals surface area contributed by atoms with E-state index in [1.165, 1.54) is 32.1 Å². The van der Waals surface area contributed by atoms with E-state index in [4.69, 9.17) is 8.85 Å². The van der Waals surface area contributed by atoms with E-state index < -0.39 is 9.28 Å². The molecule has 0 aromatic carbocycles. The molecular formula is C11H26O2Si. The van der Waals surface area contributed by atoms with Crippen LogP contribution >= 0.6 is 0 Å². The van der Waals surface area contributed by atoms with Gasteiger partial charge < -0.3 is 8.85 Å². The van der Waals surface area contributed by atoms with Crippen LogP contribution in [-0.4, -0.2) is 22.5 Å². The molecule has 0 rings (SSSR count). The van der Waals surface area contributed by atoms with Gasteiger partial charge in [-0.2, -0.15) is 0 Å². The van der Waals surface area contributed by atoms with Crippen molar-refractivity contribution < 1.29 is 8.85 Å². The zero-order chi connectivity index (χ0) is 10.6. The van der Waals surface area contributed by atoms with Crippen LogP contribution in [0.5, 0.6) is 0 Å². The van der Waals surface area contributed by atoms with Gasteiger partial charge in [-0.15, -0.1) is 0 Å². The second kappa shape index (κ2) is 11.2. The lowest BCUT2D eigenvalue weighted by atomic mass is 10.4. The van der Waals surface area contributed by atoms with Gasteiger partial charge in [0.2, 0.25) is 0 Å². The first-order chi connectivity index (χ1) is 6.85. The normalized spacial score (nSPS) is 11.1. The number of hydrogen-bond donors (Lipinski definition) is 0. The Kier molecular flexibility index (Phi) is 11.3. The molecule has 0 heterocycles. The summed E-state index contributed by atoms with van der Waals surface area (Å²) in [7, 11) is -1.30. The molecule has 0 aliphatic rings. The first-order valence-electron chi connectivity index (χ1n) is 6.08. The molecular weight excluding hydrogens is 192 g/mol. The summed E-state index contributed by atoms with van der Waals surface area (Å²) in [4.78, 5) is 0. The number of hydrogen-bond acceptors (Lipinski definition) is 2. The molecule has 0 aliphatic carbocycles. The fourth-order valence-corrected chi connectivity index (χ4v) is 2.93. The molecule has 0 amide bonds. The van der Waals surface area contributed by atoms with E-state index >= 15 is 0 Å². The Bertz CT molecular complexity index is 99.5. The summed E-state index contributed by atoms with van der Waals surface area (Å²) >= 11 is 0. The van der Waals surface area contributed by atoms with E-state index in [0.29, 0.717) is 0 Å². The van der Waals surface area contributed by atoms with Gasteiger partial charge in [-0.3, -0.25) is 0 Å². The van der Waals surface area contributed by atoms with Crippen molar-refractivity contribution >= 4 is 9.28 Å². The van der Waals surface area contributed by atoms with Crippen molar-refractivity contribution in [3.8, 4) is 0 Å². The lowest BCUT2D eigenvalue weighted by Crippen LogP contribution is -2.23. The molecule has 0 radical (unpaired) electrons. The molecule has 86 valence electrons. The summed E-state index contributed by atoms with van der Waals surface area (Å²) in [6.07, 6.45) is 5.95. The van der Waals surface area contributed by atoms with Gasteiger partial charge in [-0.05, 0) is 18.9 Å². The third-order valence-electron chi connectivity index (χ3n) is 2.13. The van der Waals surface area contributed by atoms with Gasteiger partial charge >= 0.3 is 9.28 Å². The summed E-state index contributed by atoms with van der Waals surface area (Å²) in [6.45, 7) is 8.39. The minimum Gasteiger partial charge on any atom is -0.397 e. The minimum atomic E-state index is -1.30. The molecule has 3 heteroatoms. The summed E-state index contributed by atoms with van der Waals surface area (Å²) in [5.41, 5.74) is 0. The topological polar surface area (TPSA) is 18.5 Å². The Balaban J connectivity index is 3.44. The van der Waals surface area contributed by atoms with Crippen molar-refractivity contribution in [1.29, 1.82) is 0 Å². The zero-order valence-electron chi connectivity index (χ0n) is 10.1. The van der Waals surface area contributed by atoms with E-state index in [2.05, 4.69) is 20.8 Å². The molecule has 0 saturated carbocycles. The van der Waals surface area contributed by atoms with Crippen molar-refractivity contribution in [2.45, 2.75) is 58.9 Å². The van der Waals surface area contributed by atoms with Crippen molar-refractivity contribution in [2.75, 3.05) is 13.2 Å². The van der Waals surface area contributed by atoms with Crippen LogP contribution in [0, 0.1) is 0 Å². The Morgan fingerprint density at radius 2 is 1.29 bits per heavy atom. The van der Waals surface area contributed by atoms with Crippen LogP contribution in [0.4, 0.5) is 0 Å². The Morgan fingerprint density at radius 1 is 0.786 bits per heavy atom. The van der Waals surface area contributed by atoms with E-state index in [1.807, 2.05) is 0 Å². The first-order valence-corrected chi connectivity index (χ1v) is 7.84. The van der Waals surface area contributed by atoms with Gasteiger partial charge in [0, 0.05) is 13.2 Å². The van der Waals surface area contributed by atoms with E-state index in [-0.39, 0.29) is 0 Å². The van der Waals surface area contributed by atoms with Crippen LogP contribution in [0.2, 0.25) is 6.04 Å². The highest BCUT2D eigenvalue weighted by Crippen LogP contribution is 2.04. The van der Waals surface area contributed by atoms with Crippen molar-refractivity contribution in [2.24, 2.45) is 0 Å². The number of rotatable bonds is 10. The second-order valence-corrected chi connectivity index (χ2v) is 5.77. The van der Waals surface area contributed by atoms with Crippen LogP contribution in [0.25, 0.3) is 0 Å².